The highest BCUT2D eigenvalue weighted by atomic mass is 14.4. The van der Waals surface area contributed by atoms with E-state index in [1.54, 1.807) is 0 Å². The van der Waals surface area contributed by atoms with E-state index in [1.165, 1.54) is 18.4 Å². The van der Waals surface area contributed by atoms with Crippen LogP contribution in [0.25, 0.3) is 0 Å². The third-order valence-corrected chi connectivity index (χ3v) is 3.98. The smallest absolute Gasteiger partial charge is 0.00310 e. The Morgan fingerprint density at radius 2 is 2.07 bits per heavy atom. The van der Waals surface area contributed by atoms with Crippen LogP contribution in [0, 0.1) is 17.3 Å². The molecule has 0 radical (unpaired) electrons. The standard InChI is InChI=1S/C15H24/c1-11(2)7-10-14-12(3)8-9-13(4)15(14,5)6/h7,10,13-14H,1,3,8-9H2,2,4-6H3/b10-7+/t13-,14?/m1/s1. The predicted molar refractivity (Wildman–Crippen MR) is 68.8 cm³/mol. The zero-order valence-electron chi connectivity index (χ0n) is 10.6. The fourth-order valence-corrected chi connectivity index (χ4v) is 2.41. The number of rotatable bonds is 2. The van der Waals surface area contributed by atoms with Crippen molar-refractivity contribution in [2.45, 2.75) is 40.5 Å². The summed E-state index contributed by atoms with van der Waals surface area (Å²) in [5.41, 5.74) is 2.84. The normalized spacial score (nSPS) is 30.8. The van der Waals surface area contributed by atoms with Gasteiger partial charge < -0.3 is 0 Å². The summed E-state index contributed by atoms with van der Waals surface area (Å²) < 4.78 is 0. The molecule has 0 N–H and O–H groups in total. The molecule has 0 nitrogen and oxygen atoms in total. The summed E-state index contributed by atoms with van der Waals surface area (Å²) in [5, 5.41) is 0. The highest BCUT2D eigenvalue weighted by Gasteiger charge is 2.38. The summed E-state index contributed by atoms with van der Waals surface area (Å²) in [6, 6.07) is 0. The molecule has 0 aliphatic heterocycles. The van der Waals surface area contributed by atoms with Crippen LogP contribution < -0.4 is 0 Å². The topological polar surface area (TPSA) is 0 Å². The van der Waals surface area contributed by atoms with E-state index in [0.29, 0.717) is 11.3 Å². The quantitative estimate of drug-likeness (QED) is 0.450. The molecule has 0 bridgehead atoms. The second-order valence-corrected chi connectivity index (χ2v) is 5.60. The van der Waals surface area contributed by atoms with E-state index in [1.807, 2.05) is 6.92 Å². The average molecular weight is 204 g/mol. The van der Waals surface area contributed by atoms with Crippen LogP contribution in [0.5, 0.6) is 0 Å². The van der Waals surface area contributed by atoms with Crippen molar-refractivity contribution < 1.29 is 0 Å². The van der Waals surface area contributed by atoms with E-state index in [4.69, 9.17) is 0 Å². The van der Waals surface area contributed by atoms with E-state index in [2.05, 4.69) is 46.1 Å². The Kier molecular flexibility index (Phi) is 3.59. The molecule has 2 atom stereocenters. The van der Waals surface area contributed by atoms with Crippen molar-refractivity contribution in [3.05, 3.63) is 36.5 Å². The van der Waals surface area contributed by atoms with E-state index in [-0.39, 0.29) is 0 Å². The molecule has 0 saturated heterocycles. The van der Waals surface area contributed by atoms with Gasteiger partial charge >= 0.3 is 0 Å². The van der Waals surface area contributed by atoms with Gasteiger partial charge in [-0.3, -0.25) is 0 Å². The summed E-state index contributed by atoms with van der Waals surface area (Å²) in [6.45, 7) is 17.2. The lowest BCUT2D eigenvalue weighted by Crippen LogP contribution is -2.35. The number of allylic oxidation sites excluding steroid dienone is 4. The molecule has 0 heteroatoms. The molecule has 0 aromatic rings. The number of hydrogen-bond acceptors (Lipinski definition) is 0. The van der Waals surface area contributed by atoms with Gasteiger partial charge in [0.05, 0.1) is 0 Å². The minimum absolute atomic E-state index is 0.335. The van der Waals surface area contributed by atoms with Crippen LogP contribution in [0.3, 0.4) is 0 Å². The Hall–Kier alpha value is -0.780. The molecule has 1 aliphatic carbocycles. The van der Waals surface area contributed by atoms with Crippen LogP contribution >= 0.6 is 0 Å². The van der Waals surface area contributed by atoms with Gasteiger partial charge in [-0.2, -0.15) is 0 Å². The van der Waals surface area contributed by atoms with Gasteiger partial charge in [-0.25, -0.2) is 0 Å². The average Bonchev–Trinajstić information content (AvgIpc) is 2.11. The van der Waals surface area contributed by atoms with Gasteiger partial charge in [-0.05, 0) is 31.1 Å². The van der Waals surface area contributed by atoms with Crippen molar-refractivity contribution in [1.82, 2.24) is 0 Å². The molecule has 1 rings (SSSR count). The Bertz CT molecular complexity index is 291. The molecular formula is C15H24. The highest BCUT2D eigenvalue weighted by molar-refractivity contribution is 5.22. The Labute approximate surface area is 94.8 Å². The maximum absolute atomic E-state index is 4.22. The minimum Gasteiger partial charge on any atom is -0.0992 e. The SMILES string of the molecule is C=C(C)/C=C/C1C(=C)CC[C@@H](C)C1(C)C. The third kappa shape index (κ3) is 2.62. The first-order chi connectivity index (χ1) is 6.85. The van der Waals surface area contributed by atoms with Crippen molar-refractivity contribution in [1.29, 1.82) is 0 Å². The van der Waals surface area contributed by atoms with Gasteiger partial charge in [0.1, 0.15) is 0 Å². The second kappa shape index (κ2) is 4.38. The Morgan fingerprint density at radius 1 is 1.47 bits per heavy atom. The molecule has 0 heterocycles. The lowest BCUT2D eigenvalue weighted by molar-refractivity contribution is 0.141. The summed E-state index contributed by atoms with van der Waals surface area (Å²) in [4.78, 5) is 0. The monoisotopic (exact) mass is 204 g/mol. The molecule has 1 unspecified atom stereocenters. The largest absolute Gasteiger partial charge is 0.0992 e. The van der Waals surface area contributed by atoms with Crippen LogP contribution in [0.2, 0.25) is 0 Å². The van der Waals surface area contributed by atoms with E-state index in [9.17, 15) is 0 Å². The molecule has 1 saturated carbocycles. The first-order valence-corrected chi connectivity index (χ1v) is 5.87. The van der Waals surface area contributed by atoms with Crippen LogP contribution in [0.4, 0.5) is 0 Å². The maximum atomic E-state index is 4.22. The lowest BCUT2D eigenvalue weighted by atomic mass is 9.61. The number of hydrogen-bond donors (Lipinski definition) is 0. The van der Waals surface area contributed by atoms with Gasteiger partial charge in [0.2, 0.25) is 0 Å². The van der Waals surface area contributed by atoms with Crippen LogP contribution in [0.1, 0.15) is 40.5 Å². The molecule has 1 fully saturated rings. The predicted octanol–water partition coefficient (Wildman–Crippen LogP) is 4.75. The van der Waals surface area contributed by atoms with Crippen molar-refractivity contribution in [2.75, 3.05) is 0 Å². The molecule has 84 valence electrons. The first-order valence-electron chi connectivity index (χ1n) is 5.87. The van der Waals surface area contributed by atoms with E-state index < -0.39 is 0 Å². The van der Waals surface area contributed by atoms with Gasteiger partial charge in [0.25, 0.3) is 0 Å². The zero-order valence-corrected chi connectivity index (χ0v) is 10.6. The van der Waals surface area contributed by atoms with Gasteiger partial charge in [0, 0.05) is 5.92 Å². The zero-order chi connectivity index (χ0) is 11.6. The van der Waals surface area contributed by atoms with Crippen molar-refractivity contribution in [3.63, 3.8) is 0 Å². The molecule has 0 aromatic heterocycles. The summed E-state index contributed by atoms with van der Waals surface area (Å²) in [6.07, 6.45) is 6.88. The third-order valence-electron chi connectivity index (χ3n) is 3.98. The molecule has 0 aromatic carbocycles. The van der Waals surface area contributed by atoms with Crippen LogP contribution in [-0.2, 0) is 0 Å². The summed E-state index contributed by atoms with van der Waals surface area (Å²) in [5.74, 6) is 1.28. The van der Waals surface area contributed by atoms with Crippen LogP contribution in [-0.4, -0.2) is 0 Å². The first kappa shape index (κ1) is 12.3. The van der Waals surface area contributed by atoms with Crippen molar-refractivity contribution >= 4 is 0 Å². The van der Waals surface area contributed by atoms with E-state index >= 15 is 0 Å². The highest BCUT2D eigenvalue weighted by Crippen LogP contribution is 2.47. The fraction of sp³-hybridized carbons (Fsp3) is 0.600. The fourth-order valence-electron chi connectivity index (χ4n) is 2.41. The Morgan fingerprint density at radius 3 is 2.60 bits per heavy atom. The van der Waals surface area contributed by atoms with Gasteiger partial charge in [-0.15, -0.1) is 0 Å². The second-order valence-electron chi connectivity index (χ2n) is 5.60. The van der Waals surface area contributed by atoms with Crippen molar-refractivity contribution in [2.24, 2.45) is 17.3 Å². The maximum Gasteiger partial charge on any atom is 0.00310 e. The minimum atomic E-state index is 0.335. The molecule has 0 amide bonds. The van der Waals surface area contributed by atoms with Crippen LogP contribution in [0.15, 0.2) is 36.5 Å². The molecule has 1 aliphatic rings. The molecular weight excluding hydrogens is 180 g/mol. The van der Waals surface area contributed by atoms with Gasteiger partial charge in [0.15, 0.2) is 0 Å². The van der Waals surface area contributed by atoms with E-state index in [0.717, 1.165) is 11.5 Å². The molecule has 0 spiro atoms. The molecule has 15 heavy (non-hydrogen) atoms. The van der Waals surface area contributed by atoms with Crippen molar-refractivity contribution in [3.8, 4) is 0 Å². The summed E-state index contributed by atoms with van der Waals surface area (Å²) >= 11 is 0. The lowest BCUT2D eigenvalue weighted by Gasteiger charge is -2.44. The Balaban J connectivity index is 2.90. The summed E-state index contributed by atoms with van der Waals surface area (Å²) in [7, 11) is 0. The van der Waals surface area contributed by atoms with Gasteiger partial charge in [-0.1, -0.05) is 57.2 Å².